The van der Waals surface area contributed by atoms with Crippen LogP contribution in [0.2, 0.25) is 0 Å². The summed E-state index contributed by atoms with van der Waals surface area (Å²) < 4.78 is 27.6. The first-order valence-electron chi connectivity index (χ1n) is 5.43. The molecule has 98 valence electrons. The van der Waals surface area contributed by atoms with Gasteiger partial charge in [0.05, 0.1) is 3.79 Å². The van der Waals surface area contributed by atoms with Crippen molar-refractivity contribution < 1.29 is 8.42 Å². The van der Waals surface area contributed by atoms with E-state index in [0.29, 0.717) is 10.8 Å². The molecular weight excluding hydrogens is 324 g/mol. The smallest absolute Gasteiger partial charge is 0.250 e. The van der Waals surface area contributed by atoms with Gasteiger partial charge in [-0.15, -0.1) is 11.3 Å². The first kappa shape index (κ1) is 15.1. The molecule has 0 atom stereocenters. The van der Waals surface area contributed by atoms with Crippen LogP contribution in [0, 0.1) is 6.92 Å². The van der Waals surface area contributed by atoms with Gasteiger partial charge < -0.3 is 5.32 Å². The number of hydrogen-bond donors (Lipinski definition) is 2. The van der Waals surface area contributed by atoms with Gasteiger partial charge >= 0.3 is 0 Å². The van der Waals surface area contributed by atoms with Crippen LogP contribution in [-0.4, -0.2) is 28.1 Å². The second-order valence-corrected chi connectivity index (χ2v) is 7.99. The number of halogens is 1. The Labute approximate surface area is 115 Å². The number of hydrogen-bond acceptors (Lipinski definition) is 4. The standard InChI is InChI=1S/C10H17BrN2O2S2/c1-3-12-5-4-6-13-17(14,15)9-7-8(2)10(11)16-9/h7,12-13H,3-6H2,1-2H3. The van der Waals surface area contributed by atoms with E-state index in [2.05, 4.69) is 26.0 Å². The lowest BCUT2D eigenvalue weighted by atomic mass is 10.4. The van der Waals surface area contributed by atoms with E-state index in [0.717, 1.165) is 28.9 Å². The summed E-state index contributed by atoms with van der Waals surface area (Å²) in [4.78, 5) is 0. The van der Waals surface area contributed by atoms with Crippen LogP contribution < -0.4 is 10.0 Å². The second kappa shape index (κ2) is 6.84. The number of thiophene rings is 1. The van der Waals surface area contributed by atoms with E-state index in [1.54, 1.807) is 6.07 Å². The zero-order valence-electron chi connectivity index (χ0n) is 9.92. The van der Waals surface area contributed by atoms with Crippen molar-refractivity contribution in [1.29, 1.82) is 0 Å². The van der Waals surface area contributed by atoms with Gasteiger partial charge in [-0.2, -0.15) is 0 Å². The molecule has 0 spiro atoms. The molecule has 1 aromatic rings. The van der Waals surface area contributed by atoms with Crippen LogP contribution in [0.1, 0.15) is 18.9 Å². The van der Waals surface area contributed by atoms with Gasteiger partial charge in [0.2, 0.25) is 10.0 Å². The van der Waals surface area contributed by atoms with Gasteiger partial charge in [-0.05, 0) is 54.0 Å². The van der Waals surface area contributed by atoms with E-state index in [1.165, 1.54) is 11.3 Å². The molecule has 17 heavy (non-hydrogen) atoms. The number of aryl methyl sites for hydroxylation is 1. The largest absolute Gasteiger partial charge is 0.317 e. The molecule has 0 aromatic carbocycles. The molecule has 0 aliphatic heterocycles. The minimum absolute atomic E-state index is 0.366. The summed E-state index contributed by atoms with van der Waals surface area (Å²) in [6, 6.07) is 1.68. The molecule has 0 amide bonds. The normalized spacial score (nSPS) is 11.9. The maximum absolute atomic E-state index is 11.9. The average molecular weight is 341 g/mol. The van der Waals surface area contributed by atoms with E-state index in [9.17, 15) is 8.42 Å². The van der Waals surface area contributed by atoms with Crippen molar-refractivity contribution >= 4 is 37.3 Å². The first-order valence-corrected chi connectivity index (χ1v) is 8.53. The fourth-order valence-electron chi connectivity index (χ4n) is 1.23. The Kier molecular flexibility index (Phi) is 6.08. The highest BCUT2D eigenvalue weighted by Crippen LogP contribution is 2.30. The summed E-state index contributed by atoms with van der Waals surface area (Å²) in [7, 11) is -3.34. The topological polar surface area (TPSA) is 58.2 Å². The molecule has 2 N–H and O–H groups in total. The van der Waals surface area contributed by atoms with E-state index >= 15 is 0 Å². The molecule has 0 saturated carbocycles. The molecule has 0 fully saturated rings. The van der Waals surface area contributed by atoms with Gasteiger partial charge in [0, 0.05) is 6.54 Å². The summed E-state index contributed by atoms with van der Waals surface area (Å²) in [5.41, 5.74) is 0.947. The van der Waals surface area contributed by atoms with Crippen molar-refractivity contribution in [1.82, 2.24) is 10.0 Å². The molecule has 7 heteroatoms. The average Bonchev–Trinajstić information content (AvgIpc) is 2.60. The highest BCUT2D eigenvalue weighted by molar-refractivity contribution is 9.11. The molecular formula is C10H17BrN2O2S2. The van der Waals surface area contributed by atoms with Crippen LogP contribution in [0.5, 0.6) is 0 Å². The van der Waals surface area contributed by atoms with E-state index in [1.807, 2.05) is 13.8 Å². The zero-order chi connectivity index (χ0) is 12.9. The van der Waals surface area contributed by atoms with Gasteiger partial charge in [0.15, 0.2) is 0 Å². The molecule has 0 bridgehead atoms. The van der Waals surface area contributed by atoms with Gasteiger partial charge in [-0.25, -0.2) is 13.1 Å². The minimum Gasteiger partial charge on any atom is -0.317 e. The summed E-state index contributed by atoms with van der Waals surface area (Å²) in [6.07, 6.45) is 0.790. The lowest BCUT2D eigenvalue weighted by Gasteiger charge is -2.04. The van der Waals surface area contributed by atoms with Crippen LogP contribution >= 0.6 is 27.3 Å². The van der Waals surface area contributed by atoms with Crippen molar-refractivity contribution in [3.63, 3.8) is 0 Å². The predicted octanol–water partition coefficient (Wildman–Crippen LogP) is 2.10. The Morgan fingerprint density at radius 3 is 2.65 bits per heavy atom. The Morgan fingerprint density at radius 2 is 2.12 bits per heavy atom. The predicted molar refractivity (Wildman–Crippen MR) is 75.1 cm³/mol. The molecule has 0 aliphatic rings. The lowest BCUT2D eigenvalue weighted by Crippen LogP contribution is -2.26. The molecule has 0 saturated heterocycles. The number of sulfonamides is 1. The first-order chi connectivity index (χ1) is 7.97. The summed E-state index contributed by atoms with van der Waals surface area (Å²) in [5, 5.41) is 3.15. The highest BCUT2D eigenvalue weighted by Gasteiger charge is 2.17. The molecule has 4 nitrogen and oxygen atoms in total. The van der Waals surface area contributed by atoms with Crippen LogP contribution in [0.25, 0.3) is 0 Å². The van der Waals surface area contributed by atoms with Crippen molar-refractivity contribution in [3.05, 3.63) is 15.4 Å². The zero-order valence-corrected chi connectivity index (χ0v) is 13.1. The lowest BCUT2D eigenvalue weighted by molar-refractivity contribution is 0.577. The van der Waals surface area contributed by atoms with E-state index < -0.39 is 10.0 Å². The monoisotopic (exact) mass is 340 g/mol. The molecule has 0 radical (unpaired) electrons. The summed E-state index contributed by atoms with van der Waals surface area (Å²) in [6.45, 7) is 6.10. The van der Waals surface area contributed by atoms with Crippen molar-refractivity contribution in [3.8, 4) is 0 Å². The Morgan fingerprint density at radius 1 is 1.41 bits per heavy atom. The van der Waals surface area contributed by atoms with E-state index in [4.69, 9.17) is 0 Å². The molecule has 1 rings (SSSR count). The van der Waals surface area contributed by atoms with Gasteiger partial charge in [0.1, 0.15) is 4.21 Å². The Hall–Kier alpha value is 0.0500. The Balaban J connectivity index is 2.51. The molecule has 0 unspecified atom stereocenters. The second-order valence-electron chi connectivity index (χ2n) is 3.63. The Bertz CT molecular complexity index is 437. The van der Waals surface area contributed by atoms with Crippen LogP contribution in [0.4, 0.5) is 0 Å². The van der Waals surface area contributed by atoms with Crippen LogP contribution in [0.15, 0.2) is 14.1 Å². The molecule has 0 aliphatic carbocycles. The summed E-state index contributed by atoms with van der Waals surface area (Å²) >= 11 is 4.57. The fraction of sp³-hybridized carbons (Fsp3) is 0.600. The molecule has 1 aromatic heterocycles. The fourth-order valence-corrected chi connectivity index (χ4v) is 4.58. The van der Waals surface area contributed by atoms with Crippen molar-refractivity contribution in [2.75, 3.05) is 19.6 Å². The van der Waals surface area contributed by atoms with Gasteiger partial charge in [-0.3, -0.25) is 0 Å². The van der Waals surface area contributed by atoms with E-state index in [-0.39, 0.29) is 0 Å². The van der Waals surface area contributed by atoms with Crippen molar-refractivity contribution in [2.45, 2.75) is 24.5 Å². The minimum atomic E-state index is -3.34. The third-order valence-electron chi connectivity index (χ3n) is 2.17. The third-order valence-corrected chi connectivity index (χ3v) is 6.24. The molecule has 1 heterocycles. The van der Waals surface area contributed by atoms with Crippen LogP contribution in [-0.2, 0) is 10.0 Å². The highest BCUT2D eigenvalue weighted by atomic mass is 79.9. The van der Waals surface area contributed by atoms with Crippen molar-refractivity contribution in [2.24, 2.45) is 0 Å². The SMILES string of the molecule is CCNCCCNS(=O)(=O)c1cc(C)c(Br)s1. The van der Waals surface area contributed by atoms with Gasteiger partial charge in [0.25, 0.3) is 0 Å². The van der Waals surface area contributed by atoms with Crippen LogP contribution in [0.3, 0.4) is 0 Å². The van der Waals surface area contributed by atoms with Gasteiger partial charge in [-0.1, -0.05) is 6.92 Å². The maximum atomic E-state index is 11.9. The quantitative estimate of drug-likeness (QED) is 0.747. The maximum Gasteiger partial charge on any atom is 0.250 e. The third kappa shape index (κ3) is 4.67. The summed E-state index contributed by atoms with van der Waals surface area (Å²) in [5.74, 6) is 0. The number of nitrogens with one attached hydrogen (secondary N) is 2. The number of rotatable bonds is 7.